The van der Waals surface area contributed by atoms with Crippen LogP contribution in [0.25, 0.3) is 0 Å². The van der Waals surface area contributed by atoms with Crippen molar-refractivity contribution in [3.8, 4) is 0 Å². The molecule has 1 unspecified atom stereocenters. The van der Waals surface area contributed by atoms with Crippen LogP contribution in [0.2, 0.25) is 0 Å². The SMILES string of the molecule is Cc1noc(NC(C)(CO)C(C)C)n1. The third-order valence-corrected chi connectivity index (χ3v) is 2.52. The zero-order valence-electron chi connectivity index (χ0n) is 9.03. The summed E-state index contributed by atoms with van der Waals surface area (Å²) in [5.41, 5.74) is -0.432. The van der Waals surface area contributed by atoms with Gasteiger partial charge in [0.2, 0.25) is 0 Å². The maximum Gasteiger partial charge on any atom is 0.321 e. The fourth-order valence-electron chi connectivity index (χ4n) is 0.959. The maximum atomic E-state index is 9.27. The molecule has 5 heteroatoms. The molecule has 0 radical (unpaired) electrons. The second-order valence-corrected chi connectivity index (χ2v) is 4.00. The fourth-order valence-corrected chi connectivity index (χ4v) is 0.959. The lowest BCUT2D eigenvalue weighted by atomic mass is 9.89. The van der Waals surface area contributed by atoms with Gasteiger partial charge in [0.1, 0.15) is 0 Å². The van der Waals surface area contributed by atoms with Gasteiger partial charge < -0.3 is 14.9 Å². The number of anilines is 1. The highest BCUT2D eigenvalue weighted by molar-refractivity contribution is 5.24. The lowest BCUT2D eigenvalue weighted by Gasteiger charge is -2.31. The van der Waals surface area contributed by atoms with Crippen molar-refractivity contribution in [3.05, 3.63) is 5.82 Å². The Morgan fingerprint density at radius 3 is 2.57 bits per heavy atom. The molecule has 0 aliphatic heterocycles. The summed E-state index contributed by atoms with van der Waals surface area (Å²) in [6, 6.07) is 0.354. The second kappa shape index (κ2) is 3.96. The van der Waals surface area contributed by atoms with E-state index in [1.807, 2.05) is 20.8 Å². The van der Waals surface area contributed by atoms with E-state index in [1.54, 1.807) is 6.92 Å². The standard InChI is InChI=1S/C9H17N3O2/c1-6(2)9(4,5-13)11-8-10-7(3)12-14-8/h6,13H,5H2,1-4H3,(H,10,11,12). The van der Waals surface area contributed by atoms with Crippen LogP contribution in [-0.4, -0.2) is 27.4 Å². The minimum absolute atomic E-state index is 0.0199. The lowest BCUT2D eigenvalue weighted by Crippen LogP contribution is -2.44. The van der Waals surface area contributed by atoms with Gasteiger partial charge in [0.05, 0.1) is 12.1 Å². The Labute approximate surface area is 83.5 Å². The molecule has 80 valence electrons. The normalized spacial score (nSPS) is 15.6. The van der Waals surface area contributed by atoms with Gasteiger partial charge in [-0.3, -0.25) is 0 Å². The number of nitrogens with zero attached hydrogens (tertiary/aromatic N) is 2. The number of rotatable bonds is 4. The molecular weight excluding hydrogens is 182 g/mol. The minimum Gasteiger partial charge on any atom is -0.394 e. The van der Waals surface area contributed by atoms with Crippen LogP contribution in [0.1, 0.15) is 26.6 Å². The van der Waals surface area contributed by atoms with Crippen molar-refractivity contribution < 1.29 is 9.63 Å². The number of aryl methyl sites for hydroxylation is 1. The van der Waals surface area contributed by atoms with Crippen LogP contribution in [0.15, 0.2) is 4.52 Å². The van der Waals surface area contributed by atoms with Crippen molar-refractivity contribution in [1.29, 1.82) is 0 Å². The first-order valence-electron chi connectivity index (χ1n) is 4.67. The minimum atomic E-state index is -0.432. The Balaban J connectivity index is 2.75. The molecule has 1 heterocycles. The highest BCUT2D eigenvalue weighted by atomic mass is 16.5. The lowest BCUT2D eigenvalue weighted by molar-refractivity contribution is 0.182. The smallest absolute Gasteiger partial charge is 0.321 e. The average molecular weight is 199 g/mol. The van der Waals surface area contributed by atoms with Gasteiger partial charge >= 0.3 is 6.01 Å². The molecule has 1 aromatic rings. The Morgan fingerprint density at radius 1 is 1.57 bits per heavy atom. The van der Waals surface area contributed by atoms with Gasteiger partial charge in [-0.05, 0) is 19.8 Å². The van der Waals surface area contributed by atoms with Gasteiger partial charge in [-0.2, -0.15) is 4.98 Å². The first-order chi connectivity index (χ1) is 6.48. The van der Waals surface area contributed by atoms with Gasteiger partial charge in [0, 0.05) is 0 Å². The zero-order valence-corrected chi connectivity index (χ0v) is 9.03. The molecule has 1 rings (SSSR count). The van der Waals surface area contributed by atoms with Gasteiger partial charge in [0.25, 0.3) is 0 Å². The number of hydrogen-bond donors (Lipinski definition) is 2. The molecule has 0 amide bonds. The Bertz CT molecular complexity index is 298. The van der Waals surface area contributed by atoms with E-state index in [1.165, 1.54) is 0 Å². The quantitative estimate of drug-likeness (QED) is 0.762. The largest absolute Gasteiger partial charge is 0.394 e. The maximum absolute atomic E-state index is 9.27. The van der Waals surface area contributed by atoms with Gasteiger partial charge in [-0.1, -0.05) is 19.0 Å². The van der Waals surface area contributed by atoms with Gasteiger partial charge in [0.15, 0.2) is 5.82 Å². The second-order valence-electron chi connectivity index (χ2n) is 4.00. The van der Waals surface area contributed by atoms with E-state index in [0.717, 1.165) is 0 Å². The summed E-state index contributed by atoms with van der Waals surface area (Å²) in [5, 5.41) is 16.0. The van der Waals surface area contributed by atoms with E-state index >= 15 is 0 Å². The third-order valence-electron chi connectivity index (χ3n) is 2.52. The molecule has 0 aromatic carbocycles. The topological polar surface area (TPSA) is 71.2 Å². The van der Waals surface area contributed by atoms with E-state index < -0.39 is 5.54 Å². The van der Waals surface area contributed by atoms with Crippen LogP contribution in [0.4, 0.5) is 6.01 Å². The molecule has 0 saturated carbocycles. The molecule has 5 nitrogen and oxygen atoms in total. The molecule has 1 atom stereocenters. The molecular formula is C9H17N3O2. The summed E-state index contributed by atoms with van der Waals surface area (Å²) in [7, 11) is 0. The van der Waals surface area contributed by atoms with Crippen LogP contribution in [0.3, 0.4) is 0 Å². The first-order valence-corrected chi connectivity index (χ1v) is 4.67. The van der Waals surface area contributed by atoms with E-state index in [9.17, 15) is 5.11 Å². The first kappa shape index (κ1) is 11.0. The molecule has 14 heavy (non-hydrogen) atoms. The molecule has 0 fully saturated rings. The van der Waals surface area contributed by atoms with Gasteiger partial charge in [-0.15, -0.1) is 0 Å². The van der Waals surface area contributed by atoms with E-state index in [2.05, 4.69) is 15.5 Å². The molecule has 0 saturated heterocycles. The van der Waals surface area contributed by atoms with Crippen molar-refractivity contribution in [2.24, 2.45) is 5.92 Å². The summed E-state index contributed by atoms with van der Waals surface area (Å²) >= 11 is 0. The molecule has 1 aromatic heterocycles. The number of nitrogens with one attached hydrogen (secondary N) is 1. The highest BCUT2D eigenvalue weighted by Gasteiger charge is 2.29. The number of hydrogen-bond acceptors (Lipinski definition) is 5. The van der Waals surface area contributed by atoms with E-state index in [0.29, 0.717) is 11.8 Å². The fraction of sp³-hybridized carbons (Fsp3) is 0.778. The molecule has 0 aliphatic carbocycles. The molecule has 0 aliphatic rings. The third kappa shape index (κ3) is 2.23. The van der Waals surface area contributed by atoms with Crippen LogP contribution >= 0.6 is 0 Å². The van der Waals surface area contributed by atoms with Crippen molar-refractivity contribution in [2.75, 3.05) is 11.9 Å². The molecule has 2 N–H and O–H groups in total. The summed E-state index contributed by atoms with van der Waals surface area (Å²) in [4.78, 5) is 4.03. The number of aliphatic hydroxyl groups excluding tert-OH is 1. The summed E-state index contributed by atoms with van der Waals surface area (Å²) in [6.07, 6.45) is 0. The summed E-state index contributed by atoms with van der Waals surface area (Å²) < 4.78 is 4.93. The highest BCUT2D eigenvalue weighted by Crippen LogP contribution is 2.21. The van der Waals surface area contributed by atoms with Crippen molar-refractivity contribution >= 4 is 6.01 Å². The molecule has 0 bridgehead atoms. The number of aromatic nitrogens is 2. The zero-order chi connectivity index (χ0) is 10.8. The Hall–Kier alpha value is -1.10. The van der Waals surface area contributed by atoms with Crippen molar-refractivity contribution in [1.82, 2.24) is 10.1 Å². The Morgan fingerprint density at radius 2 is 2.21 bits per heavy atom. The van der Waals surface area contributed by atoms with Crippen LogP contribution in [-0.2, 0) is 0 Å². The van der Waals surface area contributed by atoms with E-state index in [4.69, 9.17) is 4.52 Å². The van der Waals surface area contributed by atoms with Crippen LogP contribution < -0.4 is 5.32 Å². The van der Waals surface area contributed by atoms with Crippen molar-refractivity contribution in [3.63, 3.8) is 0 Å². The predicted octanol–water partition coefficient (Wildman–Crippen LogP) is 1.20. The van der Waals surface area contributed by atoms with Gasteiger partial charge in [-0.25, -0.2) is 0 Å². The van der Waals surface area contributed by atoms with Crippen LogP contribution in [0, 0.1) is 12.8 Å². The van der Waals surface area contributed by atoms with Crippen molar-refractivity contribution in [2.45, 2.75) is 33.2 Å². The predicted molar refractivity (Wildman–Crippen MR) is 53.0 cm³/mol. The Kier molecular flexibility index (Phi) is 3.10. The molecule has 0 spiro atoms. The monoisotopic (exact) mass is 199 g/mol. The summed E-state index contributed by atoms with van der Waals surface area (Å²) in [5.74, 6) is 0.844. The number of aliphatic hydroxyl groups is 1. The van der Waals surface area contributed by atoms with E-state index in [-0.39, 0.29) is 12.5 Å². The average Bonchev–Trinajstić information content (AvgIpc) is 2.50. The summed E-state index contributed by atoms with van der Waals surface area (Å²) in [6.45, 7) is 7.72. The van der Waals surface area contributed by atoms with Crippen LogP contribution in [0.5, 0.6) is 0 Å².